The highest BCUT2D eigenvalue weighted by Crippen LogP contribution is 2.22. The predicted octanol–water partition coefficient (Wildman–Crippen LogP) is 3.07. The van der Waals surface area contributed by atoms with Gasteiger partial charge in [0.2, 0.25) is 0 Å². The first-order valence-electron chi connectivity index (χ1n) is 7.58. The molecule has 4 nitrogen and oxygen atoms in total. The Balaban J connectivity index is 2.09. The summed E-state index contributed by atoms with van der Waals surface area (Å²) in [5, 5.41) is 11.7. The fourth-order valence-corrected chi connectivity index (χ4v) is 3.06. The van der Waals surface area contributed by atoms with Crippen molar-refractivity contribution in [2.75, 3.05) is 7.05 Å². The van der Waals surface area contributed by atoms with Crippen molar-refractivity contribution in [3.05, 3.63) is 35.1 Å². The summed E-state index contributed by atoms with van der Waals surface area (Å²) in [4.78, 5) is 2.29. The van der Waals surface area contributed by atoms with Crippen LogP contribution in [0.1, 0.15) is 49.7 Å². The van der Waals surface area contributed by atoms with E-state index in [1.807, 2.05) is 0 Å². The summed E-state index contributed by atoms with van der Waals surface area (Å²) in [6.07, 6.45) is 7.59. The monoisotopic (exact) mass is 293 g/mol. The topological polar surface area (TPSA) is 61.8 Å². The molecule has 0 amide bonds. The van der Waals surface area contributed by atoms with Crippen LogP contribution in [0.2, 0.25) is 0 Å². The third kappa shape index (κ3) is 4.43. The maximum absolute atomic E-state index is 13.7. The van der Waals surface area contributed by atoms with Gasteiger partial charge in [-0.1, -0.05) is 30.8 Å². The van der Waals surface area contributed by atoms with E-state index in [0.29, 0.717) is 18.2 Å². The number of nitrogens with zero attached hydrogens (tertiary/aromatic N) is 2. The van der Waals surface area contributed by atoms with Crippen LogP contribution < -0.4 is 5.73 Å². The van der Waals surface area contributed by atoms with Crippen molar-refractivity contribution >= 4 is 5.84 Å². The number of benzene rings is 1. The van der Waals surface area contributed by atoms with Crippen molar-refractivity contribution in [1.82, 2.24) is 4.90 Å². The van der Waals surface area contributed by atoms with Gasteiger partial charge in [0.25, 0.3) is 0 Å². The number of amidine groups is 1. The molecule has 5 heteroatoms. The zero-order valence-electron chi connectivity index (χ0n) is 12.6. The Morgan fingerprint density at radius 2 is 1.95 bits per heavy atom. The van der Waals surface area contributed by atoms with Gasteiger partial charge in [-0.3, -0.25) is 4.90 Å². The minimum absolute atomic E-state index is 0.0622. The molecule has 0 spiro atoms. The Bertz CT molecular complexity index is 496. The second kappa shape index (κ2) is 7.41. The van der Waals surface area contributed by atoms with E-state index in [0.717, 1.165) is 5.56 Å². The normalized spacial score (nSPS) is 18.0. The molecule has 1 aromatic carbocycles. The molecule has 0 unspecified atom stereocenters. The molecule has 0 aliphatic heterocycles. The summed E-state index contributed by atoms with van der Waals surface area (Å²) in [5.74, 6) is -0.420. The molecule has 1 saturated carbocycles. The SMILES string of the molecule is CN(Cc1cc(F)cc(/C(N)=N/O)c1)C1CCCCCC1. The van der Waals surface area contributed by atoms with Gasteiger partial charge in [0.1, 0.15) is 5.82 Å². The highest BCUT2D eigenvalue weighted by atomic mass is 19.1. The first-order valence-corrected chi connectivity index (χ1v) is 7.58. The molecular weight excluding hydrogens is 269 g/mol. The molecule has 0 atom stereocenters. The third-order valence-corrected chi connectivity index (χ3v) is 4.24. The lowest BCUT2D eigenvalue weighted by Gasteiger charge is -2.27. The summed E-state index contributed by atoms with van der Waals surface area (Å²) < 4.78 is 13.7. The van der Waals surface area contributed by atoms with Gasteiger partial charge in [0.15, 0.2) is 5.84 Å². The molecule has 0 heterocycles. The first kappa shape index (κ1) is 15.8. The van der Waals surface area contributed by atoms with Gasteiger partial charge in [-0.15, -0.1) is 0 Å². The van der Waals surface area contributed by atoms with E-state index in [2.05, 4.69) is 17.1 Å². The summed E-state index contributed by atoms with van der Waals surface area (Å²) in [7, 11) is 2.09. The van der Waals surface area contributed by atoms with Gasteiger partial charge in [-0.2, -0.15) is 0 Å². The molecule has 2 rings (SSSR count). The lowest BCUT2D eigenvalue weighted by molar-refractivity contribution is 0.213. The van der Waals surface area contributed by atoms with Crippen LogP contribution in [0.3, 0.4) is 0 Å². The van der Waals surface area contributed by atoms with Crippen molar-refractivity contribution in [2.24, 2.45) is 10.9 Å². The molecule has 1 fully saturated rings. The van der Waals surface area contributed by atoms with Crippen LogP contribution in [-0.4, -0.2) is 29.0 Å². The van der Waals surface area contributed by atoms with Crippen LogP contribution in [-0.2, 0) is 6.54 Å². The molecule has 0 bridgehead atoms. The summed E-state index contributed by atoms with van der Waals surface area (Å²) in [6.45, 7) is 0.675. The van der Waals surface area contributed by atoms with Crippen LogP contribution in [0.25, 0.3) is 0 Å². The van der Waals surface area contributed by atoms with Crippen LogP contribution >= 0.6 is 0 Å². The highest BCUT2D eigenvalue weighted by Gasteiger charge is 2.17. The van der Waals surface area contributed by atoms with E-state index in [1.54, 1.807) is 6.07 Å². The van der Waals surface area contributed by atoms with E-state index < -0.39 is 0 Å². The van der Waals surface area contributed by atoms with Gasteiger partial charge < -0.3 is 10.9 Å². The fourth-order valence-electron chi connectivity index (χ4n) is 3.06. The van der Waals surface area contributed by atoms with Crippen LogP contribution in [0.4, 0.5) is 4.39 Å². The van der Waals surface area contributed by atoms with Gasteiger partial charge in [0.05, 0.1) is 0 Å². The number of oxime groups is 1. The Labute approximate surface area is 125 Å². The molecule has 0 radical (unpaired) electrons. The Kier molecular flexibility index (Phi) is 5.56. The largest absolute Gasteiger partial charge is 0.409 e. The van der Waals surface area contributed by atoms with E-state index in [1.165, 1.54) is 50.7 Å². The van der Waals surface area contributed by atoms with Crippen LogP contribution in [0, 0.1) is 5.82 Å². The average Bonchev–Trinajstić information content (AvgIpc) is 2.74. The maximum atomic E-state index is 13.7. The summed E-state index contributed by atoms with van der Waals surface area (Å²) >= 11 is 0. The van der Waals surface area contributed by atoms with E-state index in [-0.39, 0.29) is 11.7 Å². The van der Waals surface area contributed by atoms with Gasteiger partial charge in [-0.25, -0.2) is 4.39 Å². The van der Waals surface area contributed by atoms with Crippen LogP contribution in [0.15, 0.2) is 23.4 Å². The third-order valence-electron chi connectivity index (χ3n) is 4.24. The van der Waals surface area contributed by atoms with Crippen molar-refractivity contribution in [1.29, 1.82) is 0 Å². The van der Waals surface area contributed by atoms with E-state index in [9.17, 15) is 4.39 Å². The molecule has 21 heavy (non-hydrogen) atoms. The van der Waals surface area contributed by atoms with E-state index >= 15 is 0 Å². The molecule has 0 aromatic heterocycles. The molecule has 1 aromatic rings. The maximum Gasteiger partial charge on any atom is 0.170 e. The molecule has 3 N–H and O–H groups in total. The van der Waals surface area contributed by atoms with Crippen LogP contribution in [0.5, 0.6) is 0 Å². The average molecular weight is 293 g/mol. The Morgan fingerprint density at radius 3 is 2.57 bits per heavy atom. The highest BCUT2D eigenvalue weighted by molar-refractivity contribution is 5.97. The number of hydrogen-bond donors (Lipinski definition) is 2. The first-order chi connectivity index (χ1) is 10.1. The lowest BCUT2D eigenvalue weighted by atomic mass is 10.1. The zero-order chi connectivity index (χ0) is 15.2. The smallest absolute Gasteiger partial charge is 0.170 e. The second-order valence-corrected chi connectivity index (χ2v) is 5.89. The van der Waals surface area contributed by atoms with Crippen molar-refractivity contribution in [3.63, 3.8) is 0 Å². The van der Waals surface area contributed by atoms with Gasteiger partial charge >= 0.3 is 0 Å². The molecular formula is C16H24FN3O. The van der Waals surface area contributed by atoms with E-state index in [4.69, 9.17) is 10.9 Å². The zero-order valence-corrected chi connectivity index (χ0v) is 12.6. The summed E-state index contributed by atoms with van der Waals surface area (Å²) in [5.41, 5.74) is 6.81. The van der Waals surface area contributed by atoms with Crippen molar-refractivity contribution in [2.45, 2.75) is 51.1 Å². The minimum atomic E-state index is -0.358. The second-order valence-electron chi connectivity index (χ2n) is 5.89. The van der Waals surface area contributed by atoms with Gasteiger partial charge in [0, 0.05) is 18.2 Å². The number of halogens is 1. The minimum Gasteiger partial charge on any atom is -0.409 e. The number of rotatable bonds is 4. The lowest BCUT2D eigenvalue weighted by Crippen LogP contribution is -2.30. The Morgan fingerprint density at radius 1 is 1.29 bits per heavy atom. The molecule has 1 aliphatic carbocycles. The molecule has 1 aliphatic rings. The Hall–Kier alpha value is -1.62. The molecule has 116 valence electrons. The quantitative estimate of drug-likeness (QED) is 0.295. The fraction of sp³-hybridized carbons (Fsp3) is 0.562. The van der Waals surface area contributed by atoms with Crippen molar-refractivity contribution in [3.8, 4) is 0 Å². The molecule has 0 saturated heterocycles. The van der Waals surface area contributed by atoms with Gasteiger partial charge in [-0.05, 0) is 43.7 Å². The summed E-state index contributed by atoms with van der Waals surface area (Å²) in [6, 6.07) is 5.14. The number of hydrogen-bond acceptors (Lipinski definition) is 3. The standard InChI is InChI=1S/C16H24FN3O/c1-20(15-6-4-2-3-5-7-15)11-12-8-13(16(18)19-21)10-14(17)9-12/h8-10,15,21H,2-7,11H2,1H3,(H2,18,19). The predicted molar refractivity (Wildman–Crippen MR) is 81.9 cm³/mol. The number of nitrogens with two attached hydrogens (primary N) is 1. The van der Waals surface area contributed by atoms with Crippen molar-refractivity contribution < 1.29 is 9.60 Å².